The van der Waals surface area contributed by atoms with Crippen molar-refractivity contribution in [1.29, 1.82) is 0 Å². The number of para-hydroxylation sites is 1. The van der Waals surface area contributed by atoms with Crippen molar-refractivity contribution in [2.45, 2.75) is 24.9 Å². The zero-order chi connectivity index (χ0) is 18.9. The molecule has 1 N–H and O–H groups in total. The molecule has 1 amide bonds. The summed E-state index contributed by atoms with van der Waals surface area (Å²) in [7, 11) is 0. The summed E-state index contributed by atoms with van der Waals surface area (Å²) in [4.78, 5) is 18.1. The maximum Gasteiger partial charge on any atom is 0.260 e. The Bertz CT molecular complexity index is 800. The van der Waals surface area contributed by atoms with Crippen molar-refractivity contribution in [3.8, 4) is 5.75 Å². The molecule has 1 saturated carbocycles. The first-order valence-electron chi connectivity index (χ1n) is 9.38. The van der Waals surface area contributed by atoms with Crippen LogP contribution in [0.15, 0.2) is 48.7 Å². The van der Waals surface area contributed by atoms with Gasteiger partial charge in [-0.05, 0) is 31.0 Å². The normalized spacial score (nSPS) is 27.3. The zero-order valence-corrected chi connectivity index (χ0v) is 15.1. The Morgan fingerprint density at radius 3 is 2.56 bits per heavy atom. The number of amides is 1. The predicted molar refractivity (Wildman–Crippen MR) is 97.4 cm³/mol. The quantitative estimate of drug-likeness (QED) is 0.841. The number of ether oxygens (including phenoxy) is 1. The summed E-state index contributed by atoms with van der Waals surface area (Å²) < 4.78 is 19.9. The fourth-order valence-electron chi connectivity index (χ4n) is 4.53. The summed E-state index contributed by atoms with van der Waals surface area (Å²) in [6.45, 7) is 0.764. The zero-order valence-electron chi connectivity index (χ0n) is 15.1. The van der Waals surface area contributed by atoms with Gasteiger partial charge in [-0.2, -0.15) is 4.39 Å². The highest BCUT2D eigenvalue weighted by atomic mass is 19.1. The molecule has 142 valence electrons. The Balaban J connectivity index is 1.49. The van der Waals surface area contributed by atoms with Gasteiger partial charge in [-0.25, -0.2) is 4.98 Å². The lowest BCUT2D eigenvalue weighted by Crippen LogP contribution is -2.60. The van der Waals surface area contributed by atoms with Gasteiger partial charge in [0.25, 0.3) is 5.91 Å². The van der Waals surface area contributed by atoms with Crippen LogP contribution in [0.1, 0.15) is 24.8 Å². The number of piperidine rings is 1. The molecule has 2 aliphatic rings. The van der Waals surface area contributed by atoms with Gasteiger partial charge in [0.15, 0.2) is 6.61 Å². The van der Waals surface area contributed by atoms with Gasteiger partial charge >= 0.3 is 0 Å². The third kappa shape index (κ3) is 3.30. The van der Waals surface area contributed by atoms with Crippen LogP contribution >= 0.6 is 0 Å². The fourth-order valence-corrected chi connectivity index (χ4v) is 4.53. The van der Waals surface area contributed by atoms with Crippen LogP contribution in [0.4, 0.5) is 4.39 Å². The molecule has 2 fully saturated rings. The van der Waals surface area contributed by atoms with E-state index < -0.39 is 11.5 Å². The maximum absolute atomic E-state index is 14.3. The van der Waals surface area contributed by atoms with Gasteiger partial charge in [-0.3, -0.25) is 4.79 Å². The van der Waals surface area contributed by atoms with Crippen LogP contribution < -0.4 is 4.74 Å². The van der Waals surface area contributed by atoms with Crippen LogP contribution in [0.3, 0.4) is 0 Å². The Hall–Kier alpha value is -2.47. The minimum atomic E-state index is -1.27. The average Bonchev–Trinajstić information content (AvgIpc) is 2.67. The van der Waals surface area contributed by atoms with Crippen molar-refractivity contribution in [2.75, 3.05) is 19.7 Å². The molecule has 4 rings (SSSR count). The molecule has 27 heavy (non-hydrogen) atoms. The standard InChI is InChI=1S/C21H23FN2O3/c22-20-18(10-5-11-23-20)21(26)15-6-4-7-16(21)13-24(12-15)19(25)14-27-17-8-2-1-3-9-17/h1-3,5,8-11,15-16,26H,4,6-7,12-14H2/t15-,16-/m1/s1. The van der Waals surface area contributed by atoms with Gasteiger partial charge in [-0.15, -0.1) is 0 Å². The number of carbonyl (C=O) groups excluding carboxylic acids is 1. The van der Waals surface area contributed by atoms with E-state index in [4.69, 9.17) is 4.74 Å². The minimum Gasteiger partial charge on any atom is -0.484 e. The van der Waals surface area contributed by atoms with Gasteiger partial charge in [0.1, 0.15) is 11.4 Å². The molecule has 2 bridgehead atoms. The number of halogens is 1. The third-order valence-electron chi connectivity index (χ3n) is 5.88. The van der Waals surface area contributed by atoms with E-state index in [9.17, 15) is 14.3 Å². The van der Waals surface area contributed by atoms with Gasteiger partial charge in [0.2, 0.25) is 5.95 Å². The fraction of sp³-hybridized carbons (Fsp3) is 0.429. The molecule has 2 aromatic rings. The summed E-state index contributed by atoms with van der Waals surface area (Å²) in [5.74, 6) is -0.487. The number of pyridine rings is 1. The molecule has 2 atom stereocenters. The van der Waals surface area contributed by atoms with E-state index in [0.717, 1.165) is 19.3 Å². The van der Waals surface area contributed by atoms with Crippen molar-refractivity contribution in [1.82, 2.24) is 9.88 Å². The first kappa shape index (κ1) is 17.9. The monoisotopic (exact) mass is 370 g/mol. The number of aromatic nitrogens is 1. The predicted octanol–water partition coefficient (Wildman–Crippen LogP) is 2.75. The van der Waals surface area contributed by atoms with Gasteiger partial charge in [0.05, 0.1) is 0 Å². The number of benzene rings is 1. The van der Waals surface area contributed by atoms with Gasteiger partial charge < -0.3 is 14.7 Å². The number of rotatable bonds is 4. The molecule has 0 spiro atoms. The molecule has 1 aromatic heterocycles. The largest absolute Gasteiger partial charge is 0.484 e. The Kier molecular flexibility index (Phi) is 4.83. The van der Waals surface area contributed by atoms with Crippen LogP contribution in [0.2, 0.25) is 0 Å². The molecular weight excluding hydrogens is 347 g/mol. The van der Waals surface area contributed by atoms with Crippen LogP contribution in [-0.4, -0.2) is 40.6 Å². The lowest BCUT2D eigenvalue weighted by Gasteiger charge is -2.53. The molecule has 1 aliphatic heterocycles. The molecule has 5 nitrogen and oxygen atoms in total. The molecule has 6 heteroatoms. The van der Waals surface area contributed by atoms with Crippen molar-refractivity contribution >= 4 is 5.91 Å². The average molecular weight is 370 g/mol. The SMILES string of the molecule is O=C(COc1ccccc1)N1C[C@H]2CCC[C@H](C1)C2(O)c1cccnc1F. The van der Waals surface area contributed by atoms with Crippen molar-refractivity contribution in [3.63, 3.8) is 0 Å². The lowest BCUT2D eigenvalue weighted by molar-refractivity contribution is -0.165. The van der Waals surface area contributed by atoms with E-state index >= 15 is 0 Å². The molecular formula is C21H23FN2O3. The Morgan fingerprint density at radius 1 is 1.19 bits per heavy atom. The molecule has 0 radical (unpaired) electrons. The van der Waals surface area contributed by atoms with Gasteiger partial charge in [0, 0.05) is 36.7 Å². The van der Waals surface area contributed by atoms with E-state index in [2.05, 4.69) is 4.98 Å². The number of hydrogen-bond donors (Lipinski definition) is 1. The van der Waals surface area contributed by atoms with Crippen molar-refractivity contribution in [2.24, 2.45) is 11.8 Å². The summed E-state index contributed by atoms with van der Waals surface area (Å²) >= 11 is 0. The number of likely N-dealkylation sites (tertiary alicyclic amines) is 1. The third-order valence-corrected chi connectivity index (χ3v) is 5.88. The van der Waals surface area contributed by atoms with Crippen LogP contribution in [-0.2, 0) is 10.4 Å². The molecule has 0 unspecified atom stereocenters. The molecule has 1 aliphatic carbocycles. The van der Waals surface area contributed by atoms with Crippen LogP contribution in [0.25, 0.3) is 0 Å². The summed E-state index contributed by atoms with van der Waals surface area (Å²) in [5.41, 5.74) is -1.01. The first-order chi connectivity index (χ1) is 13.1. The summed E-state index contributed by atoms with van der Waals surface area (Å²) in [6.07, 6.45) is 3.87. The second-order valence-corrected chi connectivity index (χ2v) is 7.39. The van der Waals surface area contributed by atoms with Gasteiger partial charge in [-0.1, -0.05) is 30.7 Å². The second kappa shape index (κ2) is 7.27. The van der Waals surface area contributed by atoms with Crippen molar-refractivity contribution in [3.05, 3.63) is 60.2 Å². The highest BCUT2D eigenvalue weighted by Gasteiger charge is 2.53. The van der Waals surface area contributed by atoms with Crippen molar-refractivity contribution < 1.29 is 19.0 Å². The Labute approximate surface area is 157 Å². The highest BCUT2D eigenvalue weighted by Crippen LogP contribution is 2.49. The number of hydrogen-bond acceptors (Lipinski definition) is 4. The van der Waals surface area contributed by atoms with Crippen LogP contribution in [0.5, 0.6) is 5.75 Å². The smallest absolute Gasteiger partial charge is 0.260 e. The van der Waals surface area contributed by atoms with E-state index in [1.165, 1.54) is 6.20 Å². The van der Waals surface area contributed by atoms with E-state index in [0.29, 0.717) is 18.8 Å². The molecule has 1 aromatic carbocycles. The van der Waals surface area contributed by atoms with E-state index in [1.807, 2.05) is 30.3 Å². The Morgan fingerprint density at radius 2 is 1.89 bits per heavy atom. The van der Waals surface area contributed by atoms with Crippen LogP contribution in [0, 0.1) is 17.8 Å². The lowest BCUT2D eigenvalue weighted by atomic mass is 9.62. The molecule has 2 heterocycles. The number of aliphatic hydroxyl groups is 1. The topological polar surface area (TPSA) is 62.7 Å². The highest BCUT2D eigenvalue weighted by molar-refractivity contribution is 5.78. The second-order valence-electron chi connectivity index (χ2n) is 7.39. The van der Waals surface area contributed by atoms with E-state index in [1.54, 1.807) is 17.0 Å². The number of nitrogens with zero attached hydrogens (tertiary/aromatic N) is 2. The molecule has 1 saturated heterocycles. The minimum absolute atomic E-state index is 0.0386. The number of carbonyl (C=O) groups is 1. The summed E-state index contributed by atoms with van der Waals surface area (Å²) in [6, 6.07) is 12.5. The first-order valence-corrected chi connectivity index (χ1v) is 9.38. The number of fused-ring (bicyclic) bond motifs is 2. The van der Waals surface area contributed by atoms with E-state index in [-0.39, 0.29) is 29.9 Å². The maximum atomic E-state index is 14.3. The summed E-state index contributed by atoms with van der Waals surface area (Å²) in [5, 5.41) is 11.5.